The molecule has 0 atom stereocenters. The van der Waals surface area contributed by atoms with Crippen LogP contribution in [0.2, 0.25) is 0 Å². The van der Waals surface area contributed by atoms with Gasteiger partial charge in [-0.05, 0) is 95.4 Å². The predicted molar refractivity (Wildman–Crippen MR) is 236 cm³/mol. The zero-order chi connectivity index (χ0) is 37.1. The fraction of sp³-hybridized carbons (Fsp3) is 0.0189. The van der Waals surface area contributed by atoms with Gasteiger partial charge in [-0.3, -0.25) is 0 Å². The molecule has 2 heterocycles. The second-order valence-corrected chi connectivity index (χ2v) is 13.7. The molecule has 0 aliphatic heterocycles. The molecule has 0 aliphatic carbocycles. The van der Waals surface area contributed by atoms with Gasteiger partial charge in [-0.2, -0.15) is 0 Å². The van der Waals surface area contributed by atoms with Crippen molar-refractivity contribution in [3.8, 4) is 44.8 Å². The Bertz CT molecular complexity index is 3000. The maximum absolute atomic E-state index is 3.46. The molecule has 55 heavy (non-hydrogen) atoms. The van der Waals surface area contributed by atoms with Crippen LogP contribution in [0.5, 0.6) is 0 Å². The fourth-order valence-electron chi connectivity index (χ4n) is 7.97. The molecule has 0 saturated heterocycles. The van der Waals surface area contributed by atoms with Crippen molar-refractivity contribution in [3.05, 3.63) is 219 Å². The molecule has 10 rings (SSSR count). The zero-order valence-electron chi connectivity index (χ0n) is 30.8. The third kappa shape index (κ3) is 6.14. The van der Waals surface area contributed by atoms with E-state index in [9.17, 15) is 0 Å². The molecule has 2 aromatic heterocycles. The molecule has 10 aromatic rings. The highest BCUT2D eigenvalue weighted by atomic mass is 15.0. The average molecular weight is 705 g/mol. The summed E-state index contributed by atoms with van der Waals surface area (Å²) in [7, 11) is 0. The van der Waals surface area contributed by atoms with Gasteiger partial charge in [0.2, 0.25) is 0 Å². The van der Waals surface area contributed by atoms with E-state index in [1.54, 1.807) is 6.08 Å². The van der Waals surface area contributed by atoms with Gasteiger partial charge in [-0.25, -0.2) is 0 Å². The molecular weight excluding hydrogens is 665 g/mol. The molecule has 2 nitrogen and oxygen atoms in total. The van der Waals surface area contributed by atoms with Gasteiger partial charge in [-0.1, -0.05) is 158 Å². The maximum Gasteiger partial charge on any atom is 0.0541 e. The molecule has 0 N–H and O–H groups in total. The van der Waals surface area contributed by atoms with E-state index in [2.05, 4.69) is 210 Å². The van der Waals surface area contributed by atoms with Crippen molar-refractivity contribution in [3.63, 3.8) is 0 Å². The summed E-state index contributed by atoms with van der Waals surface area (Å²) in [5, 5.41) is 5.02. The highest BCUT2D eigenvalue weighted by molar-refractivity contribution is 6.13. The van der Waals surface area contributed by atoms with Crippen molar-refractivity contribution >= 4 is 43.6 Å². The van der Waals surface area contributed by atoms with Crippen molar-refractivity contribution in [1.82, 2.24) is 9.13 Å². The Morgan fingerprint density at radius 3 is 1.51 bits per heavy atom. The molecule has 0 spiro atoms. The van der Waals surface area contributed by atoms with Gasteiger partial charge in [0.1, 0.15) is 0 Å². The molecule has 0 amide bonds. The largest absolute Gasteiger partial charge is 0.309 e. The van der Waals surface area contributed by atoms with Crippen LogP contribution in [0.1, 0.15) is 6.92 Å². The Morgan fingerprint density at radius 1 is 0.382 bits per heavy atom. The van der Waals surface area contributed by atoms with Crippen molar-refractivity contribution in [2.24, 2.45) is 0 Å². The van der Waals surface area contributed by atoms with Gasteiger partial charge in [0, 0.05) is 32.8 Å². The zero-order valence-corrected chi connectivity index (χ0v) is 30.8. The average Bonchev–Trinajstić information content (AvgIpc) is 3.77. The predicted octanol–water partition coefficient (Wildman–Crippen LogP) is 14.6. The first-order valence-electron chi connectivity index (χ1n) is 18.8. The number of benzene rings is 8. The normalized spacial score (nSPS) is 11.4. The second kappa shape index (κ2) is 14.7. The Hall–Kier alpha value is -7.16. The van der Waals surface area contributed by atoms with Gasteiger partial charge in [-0.15, -0.1) is 0 Å². The van der Waals surface area contributed by atoms with E-state index in [1.165, 1.54) is 88.4 Å². The lowest BCUT2D eigenvalue weighted by molar-refractivity contribution is 1.18. The summed E-state index contributed by atoms with van der Waals surface area (Å²) >= 11 is 0. The minimum Gasteiger partial charge on any atom is -0.309 e. The minimum atomic E-state index is 1.17. The van der Waals surface area contributed by atoms with Crippen molar-refractivity contribution in [2.45, 2.75) is 6.92 Å². The number of aromatic nitrogens is 2. The van der Waals surface area contributed by atoms with Crippen LogP contribution < -0.4 is 0 Å². The number of hydrogen-bond acceptors (Lipinski definition) is 0. The van der Waals surface area contributed by atoms with Gasteiger partial charge < -0.3 is 9.13 Å². The summed E-state index contributed by atoms with van der Waals surface area (Å²) in [5.74, 6) is 0. The van der Waals surface area contributed by atoms with Gasteiger partial charge in [0.25, 0.3) is 0 Å². The quantitative estimate of drug-likeness (QED) is 0.153. The Kier molecular flexibility index (Phi) is 8.99. The van der Waals surface area contributed by atoms with Crippen molar-refractivity contribution < 1.29 is 0 Å². The first-order valence-corrected chi connectivity index (χ1v) is 18.8. The van der Waals surface area contributed by atoms with Crippen LogP contribution >= 0.6 is 0 Å². The summed E-state index contributed by atoms with van der Waals surface area (Å²) in [5.41, 5.74) is 14.4. The smallest absolute Gasteiger partial charge is 0.0541 e. The molecule has 8 aromatic carbocycles. The van der Waals surface area contributed by atoms with Crippen LogP contribution in [0.25, 0.3) is 88.4 Å². The first kappa shape index (κ1) is 33.7. The Labute approximate surface area is 322 Å². The van der Waals surface area contributed by atoms with E-state index < -0.39 is 0 Å². The van der Waals surface area contributed by atoms with E-state index in [0.29, 0.717) is 0 Å². The third-order valence-corrected chi connectivity index (χ3v) is 10.4. The fourth-order valence-corrected chi connectivity index (χ4v) is 7.97. The van der Waals surface area contributed by atoms with Gasteiger partial charge >= 0.3 is 0 Å². The minimum absolute atomic E-state index is 1.17. The standard InChI is InChI=1S/C48H32N2.C5H8/c1-3-14-33(15-4-1)34-16-13-17-37(30-34)39-20-7-10-23-44(39)50-46-25-12-9-22-41(46)43-32-36(27-29-48(43)50)35-26-28-47-42(31-35)40-21-8-11-24-45(40)49(47)38-18-5-2-6-19-38;1-3-5-4-2/h1-32H;3-5H,1H2,2H3/b;5-4-. The van der Waals surface area contributed by atoms with Crippen LogP contribution in [0.15, 0.2) is 219 Å². The lowest BCUT2D eigenvalue weighted by Crippen LogP contribution is -1.97. The highest BCUT2D eigenvalue weighted by Gasteiger charge is 2.18. The van der Waals surface area contributed by atoms with Crippen LogP contribution in [0.3, 0.4) is 0 Å². The number of rotatable bonds is 6. The van der Waals surface area contributed by atoms with Gasteiger partial charge in [0.15, 0.2) is 0 Å². The Balaban J connectivity index is 0.000000748. The second-order valence-electron chi connectivity index (χ2n) is 13.7. The van der Waals surface area contributed by atoms with Crippen molar-refractivity contribution in [2.75, 3.05) is 0 Å². The molecule has 0 saturated carbocycles. The summed E-state index contributed by atoms with van der Waals surface area (Å²) in [6.07, 6.45) is 5.58. The number of allylic oxidation sites excluding steroid dienone is 3. The maximum atomic E-state index is 3.46. The molecule has 262 valence electrons. The number of nitrogens with zero attached hydrogens (tertiary/aromatic N) is 2. The van der Waals surface area contributed by atoms with Crippen LogP contribution in [-0.2, 0) is 0 Å². The highest BCUT2D eigenvalue weighted by Crippen LogP contribution is 2.40. The number of para-hydroxylation sites is 4. The van der Waals surface area contributed by atoms with E-state index in [0.717, 1.165) is 0 Å². The van der Waals surface area contributed by atoms with Gasteiger partial charge in [0.05, 0.1) is 27.8 Å². The van der Waals surface area contributed by atoms with E-state index >= 15 is 0 Å². The van der Waals surface area contributed by atoms with Crippen LogP contribution in [-0.4, -0.2) is 9.13 Å². The molecule has 0 bridgehead atoms. The molecule has 0 aliphatic rings. The lowest BCUT2D eigenvalue weighted by Gasteiger charge is -2.15. The SMILES string of the molecule is C=C/C=C\C.c1ccc(-c2cccc(-c3ccccc3-n3c4ccccc4c4cc(-c5ccc6c(c5)c5ccccc5n6-c5ccccc5)ccc43)c2)cc1. The molecular formula is C53H40N2. The van der Waals surface area contributed by atoms with E-state index in [1.807, 2.05) is 19.1 Å². The number of fused-ring (bicyclic) bond motifs is 6. The topological polar surface area (TPSA) is 9.86 Å². The lowest BCUT2D eigenvalue weighted by atomic mass is 9.98. The summed E-state index contributed by atoms with van der Waals surface area (Å²) in [6, 6.07) is 70.4. The van der Waals surface area contributed by atoms with E-state index in [4.69, 9.17) is 0 Å². The summed E-state index contributed by atoms with van der Waals surface area (Å²) < 4.78 is 4.81. The molecule has 0 unspecified atom stereocenters. The summed E-state index contributed by atoms with van der Waals surface area (Å²) in [6.45, 7) is 5.42. The molecule has 2 heteroatoms. The number of hydrogen-bond donors (Lipinski definition) is 0. The first-order chi connectivity index (χ1) is 27.2. The van der Waals surface area contributed by atoms with E-state index in [-0.39, 0.29) is 0 Å². The Morgan fingerprint density at radius 2 is 0.873 bits per heavy atom. The monoisotopic (exact) mass is 704 g/mol. The van der Waals surface area contributed by atoms with Crippen LogP contribution in [0, 0.1) is 0 Å². The molecule has 0 radical (unpaired) electrons. The van der Waals surface area contributed by atoms with Crippen LogP contribution in [0.4, 0.5) is 0 Å². The third-order valence-electron chi connectivity index (χ3n) is 10.4. The molecule has 0 fully saturated rings. The van der Waals surface area contributed by atoms with Crippen molar-refractivity contribution in [1.29, 1.82) is 0 Å². The summed E-state index contributed by atoms with van der Waals surface area (Å²) in [4.78, 5) is 0.